The lowest BCUT2D eigenvalue weighted by atomic mass is 10.1. The number of hydrogen-bond donors (Lipinski definition) is 1. The molecule has 0 spiro atoms. The number of amides is 1. The Bertz CT molecular complexity index is 596. The van der Waals surface area contributed by atoms with Crippen LogP contribution in [-0.4, -0.2) is 41.6 Å². The van der Waals surface area contributed by atoms with E-state index >= 15 is 0 Å². The third kappa shape index (κ3) is 2.45. The maximum absolute atomic E-state index is 11.8. The van der Waals surface area contributed by atoms with Crippen molar-refractivity contribution in [2.45, 2.75) is 12.6 Å². The highest BCUT2D eigenvalue weighted by Crippen LogP contribution is 2.17. The maximum atomic E-state index is 11.8. The number of benzene rings is 1. The quantitative estimate of drug-likeness (QED) is 0.870. The molecule has 0 saturated carbocycles. The highest BCUT2D eigenvalue weighted by atomic mass is 16.5. The van der Waals surface area contributed by atoms with Crippen LogP contribution in [0.5, 0.6) is 0 Å². The number of oxazole rings is 1. The zero-order valence-corrected chi connectivity index (χ0v) is 10.4. The van der Waals surface area contributed by atoms with Crippen molar-refractivity contribution >= 4 is 17.0 Å². The molecule has 0 radical (unpaired) electrons. The molecule has 1 aromatic heterocycles. The summed E-state index contributed by atoms with van der Waals surface area (Å²) in [4.78, 5) is 17.6. The first-order valence-corrected chi connectivity index (χ1v) is 6.18. The number of hydrogen-bond acceptors (Lipinski definition) is 5. The molecule has 3 rings (SSSR count). The number of carbonyl (C=O) groups excluding carboxylic acids is 1. The first-order valence-electron chi connectivity index (χ1n) is 6.18. The van der Waals surface area contributed by atoms with Crippen LogP contribution in [0.15, 0.2) is 29.0 Å². The minimum Gasteiger partial charge on any atom is -0.443 e. The van der Waals surface area contributed by atoms with E-state index in [1.807, 2.05) is 18.2 Å². The zero-order chi connectivity index (χ0) is 13.2. The molecular weight excluding hydrogens is 246 g/mol. The van der Waals surface area contributed by atoms with Gasteiger partial charge < -0.3 is 19.8 Å². The van der Waals surface area contributed by atoms with Gasteiger partial charge in [-0.2, -0.15) is 0 Å². The van der Waals surface area contributed by atoms with Gasteiger partial charge in [-0.1, -0.05) is 6.07 Å². The normalized spacial score (nSPS) is 20.2. The Labute approximate surface area is 110 Å². The predicted octanol–water partition coefficient (Wildman–Crippen LogP) is 0.514. The number of ether oxygens (including phenoxy) is 1. The molecule has 2 N–H and O–H groups in total. The molecule has 1 aliphatic heterocycles. The van der Waals surface area contributed by atoms with Gasteiger partial charge in [0.25, 0.3) is 0 Å². The largest absolute Gasteiger partial charge is 0.443 e. The van der Waals surface area contributed by atoms with E-state index in [0.717, 1.165) is 16.7 Å². The average Bonchev–Trinajstić information content (AvgIpc) is 2.89. The Morgan fingerprint density at radius 2 is 2.37 bits per heavy atom. The van der Waals surface area contributed by atoms with Crippen LogP contribution < -0.4 is 5.73 Å². The Hall–Kier alpha value is -1.92. The molecule has 2 aromatic rings. The van der Waals surface area contributed by atoms with E-state index in [9.17, 15) is 4.79 Å². The van der Waals surface area contributed by atoms with Gasteiger partial charge in [-0.15, -0.1) is 0 Å². The molecule has 1 saturated heterocycles. The Balaban J connectivity index is 1.77. The number of carbonyl (C=O) groups is 1. The van der Waals surface area contributed by atoms with Gasteiger partial charge in [-0.25, -0.2) is 4.98 Å². The van der Waals surface area contributed by atoms with Crippen molar-refractivity contribution < 1.29 is 13.9 Å². The van der Waals surface area contributed by atoms with Crippen molar-refractivity contribution in [2.24, 2.45) is 5.73 Å². The lowest BCUT2D eigenvalue weighted by molar-refractivity contribution is -0.149. The van der Waals surface area contributed by atoms with E-state index in [-0.39, 0.29) is 18.6 Å². The van der Waals surface area contributed by atoms with Crippen LogP contribution in [0.4, 0.5) is 0 Å². The third-order valence-corrected chi connectivity index (χ3v) is 3.25. The van der Waals surface area contributed by atoms with E-state index in [4.69, 9.17) is 14.9 Å². The smallest absolute Gasteiger partial charge is 0.248 e. The van der Waals surface area contributed by atoms with Crippen molar-refractivity contribution in [1.29, 1.82) is 0 Å². The van der Waals surface area contributed by atoms with Crippen LogP contribution in [0.1, 0.15) is 5.56 Å². The second-order valence-corrected chi connectivity index (χ2v) is 4.60. The van der Waals surface area contributed by atoms with Gasteiger partial charge in [0, 0.05) is 19.6 Å². The van der Waals surface area contributed by atoms with E-state index in [2.05, 4.69) is 4.98 Å². The Morgan fingerprint density at radius 3 is 3.21 bits per heavy atom. The second kappa shape index (κ2) is 4.99. The number of rotatable bonds is 3. The van der Waals surface area contributed by atoms with Crippen LogP contribution in [-0.2, 0) is 16.1 Å². The fourth-order valence-corrected chi connectivity index (χ4v) is 2.19. The molecule has 0 bridgehead atoms. The zero-order valence-electron chi connectivity index (χ0n) is 10.4. The monoisotopic (exact) mass is 261 g/mol. The van der Waals surface area contributed by atoms with Gasteiger partial charge >= 0.3 is 0 Å². The van der Waals surface area contributed by atoms with Gasteiger partial charge in [-0.3, -0.25) is 4.79 Å². The van der Waals surface area contributed by atoms with E-state index in [1.54, 1.807) is 4.90 Å². The van der Waals surface area contributed by atoms with Crippen LogP contribution in [0, 0.1) is 0 Å². The first-order chi connectivity index (χ1) is 9.26. The fourth-order valence-electron chi connectivity index (χ4n) is 2.19. The molecule has 6 heteroatoms. The van der Waals surface area contributed by atoms with Gasteiger partial charge in [0.15, 0.2) is 12.0 Å². The van der Waals surface area contributed by atoms with E-state index in [1.165, 1.54) is 6.39 Å². The van der Waals surface area contributed by atoms with Gasteiger partial charge in [0.2, 0.25) is 5.91 Å². The van der Waals surface area contributed by atoms with Crippen LogP contribution >= 0.6 is 0 Å². The minimum atomic E-state index is -0.0771. The van der Waals surface area contributed by atoms with E-state index in [0.29, 0.717) is 19.6 Å². The molecule has 1 amide bonds. The van der Waals surface area contributed by atoms with Gasteiger partial charge in [-0.05, 0) is 17.7 Å². The summed E-state index contributed by atoms with van der Waals surface area (Å²) in [7, 11) is 0. The molecule has 100 valence electrons. The summed E-state index contributed by atoms with van der Waals surface area (Å²) in [6.07, 6.45) is 1.34. The SMILES string of the molecule is NCC1CN(Cc2ccc3ncoc3c2)C(=O)CO1. The summed E-state index contributed by atoms with van der Waals surface area (Å²) in [6.45, 7) is 1.59. The molecular formula is C13H15N3O3. The van der Waals surface area contributed by atoms with Crippen molar-refractivity contribution in [3.8, 4) is 0 Å². The van der Waals surface area contributed by atoms with E-state index < -0.39 is 0 Å². The molecule has 19 heavy (non-hydrogen) atoms. The molecule has 2 heterocycles. The van der Waals surface area contributed by atoms with Crippen LogP contribution in [0.3, 0.4) is 0 Å². The van der Waals surface area contributed by atoms with Crippen LogP contribution in [0.25, 0.3) is 11.1 Å². The predicted molar refractivity (Wildman–Crippen MR) is 68.2 cm³/mol. The molecule has 1 fully saturated rings. The van der Waals surface area contributed by atoms with Crippen molar-refractivity contribution in [1.82, 2.24) is 9.88 Å². The summed E-state index contributed by atoms with van der Waals surface area (Å²) in [5.41, 5.74) is 8.13. The first kappa shape index (κ1) is 12.1. The highest BCUT2D eigenvalue weighted by molar-refractivity contribution is 5.78. The number of fused-ring (bicyclic) bond motifs is 1. The molecule has 1 aliphatic rings. The van der Waals surface area contributed by atoms with Crippen LogP contribution in [0.2, 0.25) is 0 Å². The number of nitrogens with zero attached hydrogens (tertiary/aromatic N) is 2. The van der Waals surface area contributed by atoms with Crippen molar-refractivity contribution in [3.05, 3.63) is 30.2 Å². The molecule has 1 atom stereocenters. The molecule has 6 nitrogen and oxygen atoms in total. The van der Waals surface area contributed by atoms with Crippen molar-refractivity contribution in [3.63, 3.8) is 0 Å². The lowest BCUT2D eigenvalue weighted by Crippen LogP contribution is -2.48. The number of nitrogens with two attached hydrogens (primary N) is 1. The Morgan fingerprint density at radius 1 is 1.47 bits per heavy atom. The summed E-state index contributed by atoms with van der Waals surface area (Å²) >= 11 is 0. The molecule has 1 unspecified atom stereocenters. The fraction of sp³-hybridized carbons (Fsp3) is 0.385. The standard InChI is InChI=1S/C13H15N3O3/c14-4-10-6-16(13(17)7-18-10)5-9-1-2-11-12(3-9)19-8-15-11/h1-3,8,10H,4-7,14H2. The average molecular weight is 261 g/mol. The number of morpholine rings is 1. The topological polar surface area (TPSA) is 81.6 Å². The minimum absolute atomic E-state index is 0.0117. The lowest BCUT2D eigenvalue weighted by Gasteiger charge is -2.32. The summed E-state index contributed by atoms with van der Waals surface area (Å²) in [6, 6.07) is 5.74. The molecule has 0 aliphatic carbocycles. The Kier molecular flexibility index (Phi) is 3.18. The van der Waals surface area contributed by atoms with Gasteiger partial charge in [0.05, 0.1) is 6.10 Å². The second-order valence-electron chi connectivity index (χ2n) is 4.60. The highest BCUT2D eigenvalue weighted by Gasteiger charge is 2.25. The molecule has 1 aromatic carbocycles. The summed E-state index contributed by atoms with van der Waals surface area (Å²) in [5.74, 6) is -0.0117. The number of aromatic nitrogens is 1. The van der Waals surface area contributed by atoms with Gasteiger partial charge in [0.1, 0.15) is 12.1 Å². The maximum Gasteiger partial charge on any atom is 0.248 e. The summed E-state index contributed by atoms with van der Waals surface area (Å²) in [5, 5.41) is 0. The summed E-state index contributed by atoms with van der Waals surface area (Å²) < 4.78 is 10.6. The third-order valence-electron chi connectivity index (χ3n) is 3.25. The van der Waals surface area contributed by atoms with Crippen molar-refractivity contribution in [2.75, 3.05) is 19.7 Å².